The van der Waals surface area contributed by atoms with Crippen molar-refractivity contribution in [1.82, 2.24) is 0 Å². The third kappa shape index (κ3) is 2.68. The normalized spacial score (nSPS) is 29.3. The Labute approximate surface area is 103 Å². The monoisotopic (exact) mass is 235 g/mol. The van der Waals surface area contributed by atoms with Gasteiger partial charge < -0.3 is 5.73 Å². The van der Waals surface area contributed by atoms with Crippen molar-refractivity contribution >= 4 is 0 Å². The molecule has 1 nitrogen and oxygen atoms in total. The van der Waals surface area contributed by atoms with E-state index in [2.05, 4.69) is 6.92 Å². The van der Waals surface area contributed by atoms with Gasteiger partial charge in [-0.1, -0.05) is 25.5 Å². The highest BCUT2D eigenvalue weighted by Gasteiger charge is 2.28. The maximum absolute atomic E-state index is 13.3. The summed E-state index contributed by atoms with van der Waals surface area (Å²) in [6, 6.07) is 5.53. The molecule has 17 heavy (non-hydrogen) atoms. The van der Waals surface area contributed by atoms with Gasteiger partial charge in [0.15, 0.2) is 0 Å². The number of benzene rings is 1. The zero-order chi connectivity index (χ0) is 12.4. The highest BCUT2D eigenvalue weighted by atomic mass is 19.1. The molecular weight excluding hydrogens is 213 g/mol. The van der Waals surface area contributed by atoms with E-state index < -0.39 is 0 Å². The maximum atomic E-state index is 13.3. The van der Waals surface area contributed by atoms with Crippen LogP contribution in [0.25, 0.3) is 0 Å². The summed E-state index contributed by atoms with van der Waals surface area (Å²) in [7, 11) is 0. The van der Waals surface area contributed by atoms with Gasteiger partial charge in [-0.3, -0.25) is 0 Å². The van der Waals surface area contributed by atoms with Crippen LogP contribution in [0, 0.1) is 24.6 Å². The fraction of sp³-hybridized carbons (Fsp3) is 0.600. The summed E-state index contributed by atoms with van der Waals surface area (Å²) < 4.78 is 13.3. The third-order valence-electron chi connectivity index (χ3n) is 4.17. The number of halogens is 1. The number of rotatable bonds is 2. The minimum Gasteiger partial charge on any atom is -0.330 e. The van der Waals surface area contributed by atoms with E-state index in [0.29, 0.717) is 11.8 Å². The average Bonchev–Trinajstić information content (AvgIpc) is 2.32. The molecule has 0 bridgehead atoms. The molecule has 0 aliphatic heterocycles. The molecule has 0 aromatic heterocycles. The summed E-state index contributed by atoms with van der Waals surface area (Å²) in [6.07, 6.45) is 3.67. The molecule has 1 aliphatic carbocycles. The molecule has 2 N–H and O–H groups in total. The summed E-state index contributed by atoms with van der Waals surface area (Å²) in [5.41, 5.74) is 7.89. The SMILES string of the molecule is Cc1cc(C2CC(C)CCC2CN)ccc1F. The Morgan fingerprint density at radius 2 is 2.12 bits per heavy atom. The highest BCUT2D eigenvalue weighted by molar-refractivity contribution is 5.28. The van der Waals surface area contributed by atoms with Crippen molar-refractivity contribution in [2.24, 2.45) is 17.6 Å². The number of nitrogens with two attached hydrogens (primary N) is 1. The fourth-order valence-electron chi connectivity index (χ4n) is 3.03. The molecule has 0 amide bonds. The van der Waals surface area contributed by atoms with Gasteiger partial charge in [-0.25, -0.2) is 4.39 Å². The Morgan fingerprint density at radius 1 is 1.35 bits per heavy atom. The molecule has 0 saturated heterocycles. The molecular formula is C15H22FN. The van der Waals surface area contributed by atoms with Gasteiger partial charge in [-0.05, 0) is 61.3 Å². The number of aryl methyl sites for hydroxylation is 1. The lowest BCUT2D eigenvalue weighted by atomic mass is 9.71. The van der Waals surface area contributed by atoms with Crippen molar-refractivity contribution in [2.75, 3.05) is 6.54 Å². The van der Waals surface area contributed by atoms with Gasteiger partial charge in [-0.15, -0.1) is 0 Å². The van der Waals surface area contributed by atoms with E-state index in [1.165, 1.54) is 24.8 Å². The predicted octanol–water partition coefficient (Wildman–Crippen LogP) is 3.61. The number of hydrogen-bond acceptors (Lipinski definition) is 1. The first-order valence-electron chi connectivity index (χ1n) is 6.58. The Kier molecular flexibility index (Phi) is 3.82. The Balaban J connectivity index is 2.25. The van der Waals surface area contributed by atoms with Gasteiger partial charge in [-0.2, -0.15) is 0 Å². The van der Waals surface area contributed by atoms with Gasteiger partial charge in [0.1, 0.15) is 5.82 Å². The minimum atomic E-state index is -0.109. The van der Waals surface area contributed by atoms with Crippen molar-refractivity contribution in [2.45, 2.75) is 39.0 Å². The second-order valence-corrected chi connectivity index (χ2v) is 5.53. The fourth-order valence-corrected chi connectivity index (χ4v) is 3.03. The lowest BCUT2D eigenvalue weighted by molar-refractivity contribution is 0.253. The molecule has 1 aromatic rings. The zero-order valence-electron chi connectivity index (χ0n) is 10.7. The molecule has 0 radical (unpaired) electrons. The Bertz CT molecular complexity index is 389. The van der Waals surface area contributed by atoms with Crippen LogP contribution in [0.1, 0.15) is 43.2 Å². The van der Waals surface area contributed by atoms with Gasteiger partial charge in [0, 0.05) is 0 Å². The van der Waals surface area contributed by atoms with Crippen LogP contribution in [0.4, 0.5) is 4.39 Å². The van der Waals surface area contributed by atoms with Crippen molar-refractivity contribution in [1.29, 1.82) is 0 Å². The molecule has 1 aromatic carbocycles. The lowest BCUT2D eigenvalue weighted by Crippen LogP contribution is -2.28. The molecule has 2 heteroatoms. The molecule has 3 atom stereocenters. The third-order valence-corrected chi connectivity index (χ3v) is 4.17. The van der Waals surface area contributed by atoms with Crippen molar-refractivity contribution in [3.05, 3.63) is 35.1 Å². The van der Waals surface area contributed by atoms with E-state index in [9.17, 15) is 4.39 Å². The van der Waals surface area contributed by atoms with Crippen LogP contribution in [0.5, 0.6) is 0 Å². The van der Waals surface area contributed by atoms with Crippen molar-refractivity contribution in [3.8, 4) is 0 Å². The quantitative estimate of drug-likeness (QED) is 0.832. The van der Waals surface area contributed by atoms with Crippen LogP contribution < -0.4 is 5.73 Å². The van der Waals surface area contributed by atoms with E-state index in [4.69, 9.17) is 5.73 Å². The summed E-state index contributed by atoms with van der Waals surface area (Å²) in [4.78, 5) is 0. The molecule has 1 fully saturated rings. The molecule has 3 unspecified atom stereocenters. The van der Waals surface area contributed by atoms with Crippen LogP contribution in [0.15, 0.2) is 18.2 Å². The maximum Gasteiger partial charge on any atom is 0.126 e. The smallest absolute Gasteiger partial charge is 0.126 e. The highest BCUT2D eigenvalue weighted by Crippen LogP contribution is 2.40. The molecule has 1 saturated carbocycles. The first-order valence-corrected chi connectivity index (χ1v) is 6.58. The lowest BCUT2D eigenvalue weighted by Gasteiger charge is -2.34. The average molecular weight is 235 g/mol. The van der Waals surface area contributed by atoms with Crippen LogP contribution >= 0.6 is 0 Å². The van der Waals surface area contributed by atoms with Crippen molar-refractivity contribution < 1.29 is 4.39 Å². The van der Waals surface area contributed by atoms with Crippen molar-refractivity contribution in [3.63, 3.8) is 0 Å². The molecule has 0 spiro atoms. The molecule has 94 valence electrons. The number of hydrogen-bond donors (Lipinski definition) is 1. The Hall–Kier alpha value is -0.890. The van der Waals surface area contributed by atoms with Gasteiger partial charge >= 0.3 is 0 Å². The zero-order valence-corrected chi connectivity index (χ0v) is 10.7. The minimum absolute atomic E-state index is 0.109. The second kappa shape index (κ2) is 5.18. The predicted molar refractivity (Wildman–Crippen MR) is 69.4 cm³/mol. The van der Waals surface area contributed by atoms with E-state index in [1.54, 1.807) is 6.07 Å². The molecule has 2 rings (SSSR count). The summed E-state index contributed by atoms with van der Waals surface area (Å²) in [5.74, 6) is 1.73. The summed E-state index contributed by atoms with van der Waals surface area (Å²) >= 11 is 0. The van der Waals surface area contributed by atoms with Crippen LogP contribution in [-0.2, 0) is 0 Å². The summed E-state index contributed by atoms with van der Waals surface area (Å²) in [5, 5.41) is 0. The Morgan fingerprint density at radius 3 is 2.76 bits per heavy atom. The van der Waals surface area contributed by atoms with Gasteiger partial charge in [0.25, 0.3) is 0 Å². The first kappa shape index (κ1) is 12.6. The largest absolute Gasteiger partial charge is 0.330 e. The topological polar surface area (TPSA) is 26.0 Å². The summed E-state index contributed by atoms with van der Waals surface area (Å²) in [6.45, 7) is 4.88. The van der Waals surface area contributed by atoms with E-state index in [-0.39, 0.29) is 5.82 Å². The molecule has 1 aliphatic rings. The van der Waals surface area contributed by atoms with Crippen LogP contribution in [0.3, 0.4) is 0 Å². The van der Waals surface area contributed by atoms with Gasteiger partial charge in [0.2, 0.25) is 0 Å². The van der Waals surface area contributed by atoms with E-state index in [1.807, 2.05) is 19.1 Å². The first-order chi connectivity index (χ1) is 8.11. The van der Waals surface area contributed by atoms with E-state index >= 15 is 0 Å². The molecule has 0 heterocycles. The second-order valence-electron chi connectivity index (χ2n) is 5.53. The standard InChI is InChI=1S/C15H22FN/c1-10-3-4-13(9-17)14(7-10)12-5-6-15(16)11(2)8-12/h5-6,8,10,13-14H,3-4,7,9,17H2,1-2H3. The van der Waals surface area contributed by atoms with Crippen LogP contribution in [-0.4, -0.2) is 6.54 Å². The van der Waals surface area contributed by atoms with E-state index in [0.717, 1.165) is 18.0 Å². The van der Waals surface area contributed by atoms with Crippen LogP contribution in [0.2, 0.25) is 0 Å². The van der Waals surface area contributed by atoms with Gasteiger partial charge in [0.05, 0.1) is 0 Å².